The average molecular weight is 432 g/mol. The highest BCUT2D eigenvalue weighted by atomic mass is 35.5. The zero-order chi connectivity index (χ0) is 21.3. The second-order valence-corrected chi connectivity index (χ2v) is 9.52. The van der Waals surface area contributed by atoms with Crippen LogP contribution >= 0.6 is 22.9 Å². The van der Waals surface area contributed by atoms with Crippen LogP contribution in [0.4, 0.5) is 10.7 Å². The van der Waals surface area contributed by atoms with Crippen molar-refractivity contribution < 1.29 is 9.72 Å². The number of rotatable bonds is 5. The quantitative estimate of drug-likeness (QED) is 0.465. The van der Waals surface area contributed by atoms with Crippen molar-refractivity contribution in [1.82, 2.24) is 0 Å². The molecule has 1 atom stereocenters. The molecule has 0 unspecified atom stereocenters. The van der Waals surface area contributed by atoms with Crippen LogP contribution in [-0.2, 0) is 12.8 Å². The van der Waals surface area contributed by atoms with E-state index in [1.807, 2.05) is 0 Å². The summed E-state index contributed by atoms with van der Waals surface area (Å²) in [6, 6.07) is 6.06. The molecule has 1 aliphatic rings. The fraction of sp³-hybridized carbons (Fsp3) is 0.429. The monoisotopic (exact) mass is 431 g/mol. The first kappa shape index (κ1) is 21.3. The number of nitro groups is 1. The lowest BCUT2D eigenvalue weighted by atomic mass is 9.69. The van der Waals surface area contributed by atoms with Crippen molar-refractivity contribution in [3.63, 3.8) is 0 Å². The molecule has 1 aromatic heterocycles. The van der Waals surface area contributed by atoms with Gasteiger partial charge in [0.2, 0.25) is 0 Å². The fourth-order valence-electron chi connectivity index (χ4n) is 3.77. The van der Waals surface area contributed by atoms with Gasteiger partial charge in [-0.15, -0.1) is 11.3 Å². The van der Waals surface area contributed by atoms with E-state index < -0.39 is 10.8 Å². The maximum atomic E-state index is 12.8. The first-order valence-electron chi connectivity index (χ1n) is 9.47. The zero-order valence-electron chi connectivity index (χ0n) is 16.5. The fourth-order valence-corrected chi connectivity index (χ4v) is 5.21. The number of nitro benzene ring substituents is 1. The highest BCUT2D eigenvalue weighted by Gasteiger charge is 2.34. The van der Waals surface area contributed by atoms with Crippen LogP contribution in [0.1, 0.15) is 60.0 Å². The van der Waals surface area contributed by atoms with Gasteiger partial charge in [-0.25, -0.2) is 0 Å². The minimum atomic E-state index is -0.639. The first-order valence-corrected chi connectivity index (χ1v) is 10.7. The van der Waals surface area contributed by atoms with Crippen LogP contribution in [0.5, 0.6) is 0 Å². The smallest absolute Gasteiger partial charge is 0.282 e. The molecule has 29 heavy (non-hydrogen) atoms. The number of anilines is 1. The number of fused-ring (bicyclic) bond motifs is 1. The van der Waals surface area contributed by atoms with Gasteiger partial charge in [0, 0.05) is 16.0 Å². The molecule has 0 saturated carbocycles. The van der Waals surface area contributed by atoms with Gasteiger partial charge in [-0.2, -0.15) is 5.26 Å². The summed E-state index contributed by atoms with van der Waals surface area (Å²) in [4.78, 5) is 24.5. The maximum Gasteiger partial charge on any atom is 0.282 e. The number of hydrogen-bond acceptors (Lipinski definition) is 5. The van der Waals surface area contributed by atoms with E-state index in [-0.39, 0.29) is 21.7 Å². The summed E-state index contributed by atoms with van der Waals surface area (Å²) in [5.41, 5.74) is 1.23. The van der Waals surface area contributed by atoms with Gasteiger partial charge in [0.25, 0.3) is 11.6 Å². The van der Waals surface area contributed by atoms with Gasteiger partial charge < -0.3 is 5.32 Å². The second kappa shape index (κ2) is 8.13. The Morgan fingerprint density at radius 3 is 2.83 bits per heavy atom. The highest BCUT2D eigenvalue weighted by Crippen LogP contribution is 2.45. The van der Waals surface area contributed by atoms with E-state index in [2.05, 4.69) is 32.2 Å². The number of hydrogen-bond donors (Lipinski definition) is 1. The van der Waals surface area contributed by atoms with Crippen LogP contribution < -0.4 is 5.32 Å². The number of halogens is 1. The van der Waals surface area contributed by atoms with Gasteiger partial charge in [-0.1, -0.05) is 38.8 Å². The van der Waals surface area contributed by atoms with E-state index in [1.54, 1.807) is 0 Å². The lowest BCUT2D eigenvalue weighted by Crippen LogP contribution is -2.28. The Hall–Kier alpha value is -2.43. The maximum absolute atomic E-state index is 12.8. The molecule has 8 heteroatoms. The molecule has 6 nitrogen and oxygen atoms in total. The Bertz CT molecular complexity index is 1020. The third kappa shape index (κ3) is 4.14. The third-order valence-corrected chi connectivity index (χ3v) is 7.43. The molecule has 0 aliphatic heterocycles. The molecule has 0 spiro atoms. The Labute approximate surface area is 178 Å². The minimum absolute atomic E-state index is 0.122. The average Bonchev–Trinajstić information content (AvgIpc) is 3.03. The normalized spacial score (nSPS) is 16.0. The van der Waals surface area contributed by atoms with Gasteiger partial charge >= 0.3 is 0 Å². The van der Waals surface area contributed by atoms with Gasteiger partial charge in [0.05, 0.1) is 10.5 Å². The number of amides is 1. The van der Waals surface area contributed by atoms with Crippen LogP contribution in [0.2, 0.25) is 5.02 Å². The summed E-state index contributed by atoms with van der Waals surface area (Å²) >= 11 is 7.33. The standard InChI is InChI=1S/C21H22ClN3O3S/c1-4-21(2,3)12-5-7-14-16(11-23)20(29-18(14)9-12)24-19(26)15-10-13(22)6-8-17(15)25(27)28/h6,8,10,12H,4-5,7,9H2,1-3H3,(H,24,26)/t12-/m1/s1. The van der Waals surface area contributed by atoms with Gasteiger partial charge in [0.1, 0.15) is 16.6 Å². The van der Waals surface area contributed by atoms with E-state index >= 15 is 0 Å². The van der Waals surface area contributed by atoms with Crippen molar-refractivity contribution in [2.45, 2.75) is 46.5 Å². The first-order chi connectivity index (χ1) is 13.7. The highest BCUT2D eigenvalue weighted by molar-refractivity contribution is 7.16. The number of nitrogens with one attached hydrogen (secondary N) is 1. The summed E-state index contributed by atoms with van der Waals surface area (Å²) in [5, 5.41) is 24.3. The Morgan fingerprint density at radius 1 is 1.48 bits per heavy atom. The molecule has 1 aliphatic carbocycles. The molecule has 0 fully saturated rings. The second-order valence-electron chi connectivity index (χ2n) is 7.97. The number of carbonyl (C=O) groups excluding carboxylic acids is 1. The van der Waals surface area contributed by atoms with Crippen molar-refractivity contribution >= 4 is 39.5 Å². The Balaban J connectivity index is 1.93. The number of benzene rings is 1. The third-order valence-electron chi connectivity index (χ3n) is 6.02. The summed E-state index contributed by atoms with van der Waals surface area (Å²) in [5.74, 6) is -0.123. The van der Waals surface area contributed by atoms with Crippen LogP contribution in [0.15, 0.2) is 18.2 Å². The van der Waals surface area contributed by atoms with Crippen LogP contribution in [0.3, 0.4) is 0 Å². The molecule has 1 N–H and O–H groups in total. The van der Waals surface area contributed by atoms with Gasteiger partial charge in [-0.3, -0.25) is 14.9 Å². The topological polar surface area (TPSA) is 96.0 Å². The van der Waals surface area contributed by atoms with E-state index in [9.17, 15) is 20.2 Å². The summed E-state index contributed by atoms with van der Waals surface area (Å²) < 4.78 is 0. The minimum Gasteiger partial charge on any atom is -0.312 e. The largest absolute Gasteiger partial charge is 0.312 e. The molecule has 1 heterocycles. The molecule has 2 aromatic rings. The van der Waals surface area contributed by atoms with Crippen LogP contribution in [0, 0.1) is 32.8 Å². The van der Waals surface area contributed by atoms with E-state index in [0.717, 1.165) is 36.1 Å². The van der Waals surface area contributed by atoms with E-state index in [0.29, 0.717) is 16.5 Å². The molecule has 152 valence electrons. The van der Waals surface area contributed by atoms with E-state index in [4.69, 9.17) is 11.6 Å². The van der Waals surface area contributed by atoms with Crippen LogP contribution in [0.25, 0.3) is 0 Å². The molecular weight excluding hydrogens is 410 g/mol. The molecule has 0 bridgehead atoms. The molecule has 1 aromatic carbocycles. The summed E-state index contributed by atoms with van der Waals surface area (Å²) in [6.45, 7) is 6.72. The Morgan fingerprint density at radius 2 is 2.21 bits per heavy atom. The number of nitriles is 1. The lowest BCUT2D eigenvalue weighted by molar-refractivity contribution is -0.385. The SMILES string of the molecule is CCC(C)(C)[C@@H]1CCc2c(sc(NC(=O)c3cc(Cl)ccc3[N+](=O)[O-])c2C#N)C1. The number of nitrogens with zero attached hydrogens (tertiary/aromatic N) is 2. The van der Waals surface area contributed by atoms with Crippen molar-refractivity contribution in [2.75, 3.05) is 5.32 Å². The van der Waals surface area contributed by atoms with Crippen molar-refractivity contribution in [2.24, 2.45) is 11.3 Å². The predicted molar refractivity (Wildman–Crippen MR) is 115 cm³/mol. The number of carbonyl (C=O) groups is 1. The van der Waals surface area contributed by atoms with Crippen molar-refractivity contribution in [3.8, 4) is 6.07 Å². The number of thiophene rings is 1. The molecular formula is C21H22ClN3O3S. The predicted octanol–water partition coefficient (Wildman–Crippen LogP) is 5.97. The Kier molecular flexibility index (Phi) is 5.97. The van der Waals surface area contributed by atoms with E-state index in [1.165, 1.54) is 29.5 Å². The summed E-state index contributed by atoms with van der Waals surface area (Å²) in [6.07, 6.45) is 3.76. The van der Waals surface area contributed by atoms with Crippen LogP contribution in [-0.4, -0.2) is 10.8 Å². The summed E-state index contributed by atoms with van der Waals surface area (Å²) in [7, 11) is 0. The lowest BCUT2D eigenvalue weighted by Gasteiger charge is -2.36. The van der Waals surface area contributed by atoms with Gasteiger partial charge in [-0.05, 0) is 48.3 Å². The van der Waals surface area contributed by atoms with Crippen molar-refractivity contribution in [3.05, 3.63) is 54.9 Å². The van der Waals surface area contributed by atoms with Crippen molar-refractivity contribution in [1.29, 1.82) is 5.26 Å². The molecule has 0 radical (unpaired) electrons. The molecule has 0 saturated heterocycles. The molecule has 3 rings (SSSR count). The zero-order valence-corrected chi connectivity index (χ0v) is 18.1. The molecule has 1 amide bonds. The van der Waals surface area contributed by atoms with Gasteiger partial charge in [0.15, 0.2) is 0 Å².